The number of nitrogens with two attached hydrogens (primary N) is 3. The highest BCUT2D eigenvalue weighted by Gasteiger charge is 2.47. The van der Waals surface area contributed by atoms with Gasteiger partial charge in [-0.1, -0.05) is 0 Å². The van der Waals surface area contributed by atoms with E-state index in [0.29, 0.717) is 25.8 Å². The largest absolute Gasteiger partial charge is 0.490 e. The molecule has 1 aliphatic rings. The number of aromatic nitrogens is 4. The minimum absolute atomic E-state index is 0.0539. The molecule has 0 aliphatic carbocycles. The normalized spacial score (nSPS) is 25.6. The number of nitrogen functional groups attached to an aromatic ring is 1. The van der Waals surface area contributed by atoms with E-state index in [0.717, 1.165) is 6.33 Å². The van der Waals surface area contributed by atoms with Crippen molar-refractivity contribution in [3.63, 3.8) is 0 Å². The maximum atomic E-state index is 13.2. The molecule has 3 heterocycles. The molecule has 0 aromatic carbocycles. The van der Waals surface area contributed by atoms with Crippen LogP contribution >= 0.6 is 23.5 Å². The van der Waals surface area contributed by atoms with Crippen molar-refractivity contribution >= 4 is 40.4 Å². The van der Waals surface area contributed by atoms with E-state index in [-0.39, 0.29) is 36.1 Å². The van der Waals surface area contributed by atoms with Crippen molar-refractivity contribution in [3.05, 3.63) is 12.7 Å². The van der Waals surface area contributed by atoms with Gasteiger partial charge in [-0.25, -0.2) is 28.6 Å². The number of hydrogen-bond donors (Lipinski definition) is 8. The molecule has 0 saturated carbocycles. The third kappa shape index (κ3) is 9.03. The Labute approximate surface area is 227 Å². The maximum Gasteiger partial charge on any atom is 0.490 e. The average Bonchev–Trinajstić information content (AvgIpc) is 3.39. The molecule has 2 aromatic heterocycles. The van der Waals surface area contributed by atoms with E-state index >= 15 is 0 Å². The summed E-state index contributed by atoms with van der Waals surface area (Å²) in [5.41, 5.74) is 17.5. The van der Waals surface area contributed by atoms with Gasteiger partial charge in [-0.15, -0.1) is 0 Å². The van der Waals surface area contributed by atoms with E-state index in [2.05, 4.69) is 23.6 Å². The maximum absolute atomic E-state index is 13.2. The Bertz CT molecular complexity index is 1280. The van der Waals surface area contributed by atoms with Crippen LogP contribution in [0.4, 0.5) is 5.82 Å². The second-order valence-corrected chi connectivity index (χ2v) is 13.3. The lowest BCUT2D eigenvalue weighted by molar-refractivity contribution is -0.0513. The van der Waals surface area contributed by atoms with Gasteiger partial charge in [-0.05, 0) is 32.2 Å². The predicted molar refractivity (Wildman–Crippen MR) is 135 cm³/mol. The minimum atomic E-state index is -5.70. The molecule has 2 aromatic rings. The van der Waals surface area contributed by atoms with Crippen molar-refractivity contribution in [2.24, 2.45) is 11.5 Å². The highest BCUT2D eigenvalue weighted by Crippen LogP contribution is 2.68. The fourth-order valence-electron chi connectivity index (χ4n) is 3.72. The van der Waals surface area contributed by atoms with Crippen molar-refractivity contribution in [3.8, 4) is 0 Å². The van der Waals surface area contributed by atoms with E-state index < -0.39 is 54.6 Å². The molecule has 0 radical (unpaired) electrons. The first-order valence-electron chi connectivity index (χ1n) is 11.7. The third-order valence-corrected chi connectivity index (χ3v) is 9.82. The first-order valence-corrected chi connectivity index (χ1v) is 16.2. The molecule has 1 fully saturated rings. The lowest BCUT2D eigenvalue weighted by atomic mass is 10.1. The van der Waals surface area contributed by atoms with E-state index in [1.54, 1.807) is 0 Å². The Kier molecular flexibility index (Phi) is 11.3. The fraction of sp³-hybridized carbons (Fsp3) is 0.706. The van der Waals surface area contributed by atoms with Gasteiger partial charge in [-0.3, -0.25) is 13.6 Å². The number of imidazole rings is 1. The topological polar surface area (TPSA) is 320 Å². The molecular formula is C17H32N7O13P3. The Morgan fingerprint density at radius 2 is 1.73 bits per heavy atom. The van der Waals surface area contributed by atoms with Gasteiger partial charge < -0.3 is 46.8 Å². The van der Waals surface area contributed by atoms with Crippen LogP contribution in [0.5, 0.6) is 0 Å². The molecule has 40 heavy (non-hydrogen) atoms. The Morgan fingerprint density at radius 1 is 1.02 bits per heavy atom. The fourth-order valence-corrected chi connectivity index (χ4v) is 7.33. The number of anilines is 1. The van der Waals surface area contributed by atoms with Gasteiger partial charge in [0.15, 0.2) is 17.7 Å². The molecular weight excluding hydrogens is 603 g/mol. The molecule has 11 N–H and O–H groups in total. The lowest BCUT2D eigenvalue weighted by Gasteiger charge is -2.22. The summed E-state index contributed by atoms with van der Waals surface area (Å²) in [6, 6.07) is -0.268. The molecule has 0 bridgehead atoms. The third-order valence-electron chi connectivity index (χ3n) is 5.56. The summed E-state index contributed by atoms with van der Waals surface area (Å²) in [5, 5.41) is 21.1. The summed E-state index contributed by atoms with van der Waals surface area (Å²) in [5.74, 6) is 0.0539. The molecule has 3 rings (SSSR count). The quantitative estimate of drug-likeness (QED) is 0.0829. The molecule has 0 spiro atoms. The van der Waals surface area contributed by atoms with Crippen LogP contribution in [-0.2, 0) is 36.1 Å². The van der Waals surface area contributed by atoms with E-state index in [1.807, 2.05) is 0 Å². The number of aliphatic hydroxyl groups excluding tert-OH is 2. The summed E-state index contributed by atoms with van der Waals surface area (Å²) in [6.45, 7) is -0.789. The number of nitrogens with zero attached hydrogens (tertiary/aromatic N) is 4. The molecule has 1 saturated heterocycles. The van der Waals surface area contributed by atoms with Crippen molar-refractivity contribution in [2.75, 3.05) is 25.5 Å². The van der Waals surface area contributed by atoms with Gasteiger partial charge in [0.1, 0.15) is 30.2 Å². The Morgan fingerprint density at radius 3 is 2.40 bits per heavy atom. The van der Waals surface area contributed by atoms with Crippen molar-refractivity contribution in [1.82, 2.24) is 19.5 Å². The molecule has 228 valence electrons. The van der Waals surface area contributed by atoms with Gasteiger partial charge >= 0.3 is 23.5 Å². The smallest absolute Gasteiger partial charge is 0.387 e. The summed E-state index contributed by atoms with van der Waals surface area (Å²) < 4.78 is 61.3. The van der Waals surface area contributed by atoms with Crippen LogP contribution in [0.3, 0.4) is 0 Å². The number of phosphoric acid groups is 3. The van der Waals surface area contributed by atoms with Gasteiger partial charge in [0, 0.05) is 6.04 Å². The second kappa shape index (κ2) is 13.7. The standard InChI is InChI=1S/C17H32N7O13P3/c18-5-1-3-10(19)4-2-6-33-40(32,37-39(30,31)36-38(27,28)29)34-7-11-13(25)14(26)17(35-11)24-9-23-12-15(20)21-8-22-16(12)24/h8-11,13-14,17,25-26H,1-7,18-19H2,(H,30,31)(H2,20,21,22)(H2,27,28,29)/t10?,11-,13?,14?,17-,40?/m1/s1. The van der Waals surface area contributed by atoms with Gasteiger partial charge in [0.25, 0.3) is 0 Å². The highest BCUT2D eigenvalue weighted by atomic mass is 31.3. The number of aliphatic hydroxyl groups is 2. The number of hydrogen-bond acceptors (Lipinski definition) is 16. The van der Waals surface area contributed by atoms with Crippen molar-refractivity contribution in [2.45, 2.75) is 56.3 Å². The predicted octanol–water partition coefficient (Wildman–Crippen LogP) is -0.758. The van der Waals surface area contributed by atoms with Gasteiger partial charge in [-0.2, -0.15) is 8.62 Å². The van der Waals surface area contributed by atoms with Crippen LogP contribution in [-0.4, -0.2) is 88.5 Å². The molecule has 5 unspecified atom stereocenters. The first-order chi connectivity index (χ1) is 18.6. The van der Waals surface area contributed by atoms with Crippen LogP contribution < -0.4 is 17.2 Å². The van der Waals surface area contributed by atoms with E-state index in [4.69, 9.17) is 40.8 Å². The van der Waals surface area contributed by atoms with Crippen LogP contribution in [0.25, 0.3) is 11.2 Å². The summed E-state index contributed by atoms with van der Waals surface area (Å²) in [6.07, 6.45) is -1.71. The zero-order valence-electron chi connectivity index (χ0n) is 20.9. The second-order valence-electron chi connectivity index (χ2n) is 8.66. The Balaban J connectivity index is 1.70. The number of phosphoric ester groups is 1. The summed E-state index contributed by atoms with van der Waals surface area (Å²) in [4.78, 5) is 39.3. The number of fused-ring (bicyclic) bond motifs is 1. The molecule has 0 amide bonds. The first kappa shape index (κ1) is 33.1. The SMILES string of the molecule is NCCCC(N)CCCOP(=O)(OC[C@H]1O[C@@H](n2cnc3c(N)ncnc32)C(O)C1O)OP(=O)(O)OP(=O)(O)O. The van der Waals surface area contributed by atoms with Crippen LogP contribution in [0.1, 0.15) is 31.9 Å². The zero-order valence-corrected chi connectivity index (χ0v) is 23.5. The number of rotatable bonds is 16. The summed E-state index contributed by atoms with van der Waals surface area (Å²) in [7, 11) is -16.4. The van der Waals surface area contributed by atoms with Crippen LogP contribution in [0.15, 0.2) is 12.7 Å². The molecule has 20 nitrogen and oxygen atoms in total. The Hall–Kier alpha value is -1.44. The highest BCUT2D eigenvalue weighted by molar-refractivity contribution is 7.66. The average molecular weight is 635 g/mol. The molecule has 23 heteroatoms. The van der Waals surface area contributed by atoms with Gasteiger partial charge in [0.05, 0.1) is 19.5 Å². The monoisotopic (exact) mass is 635 g/mol. The molecule has 1 aliphatic heterocycles. The van der Waals surface area contributed by atoms with E-state index in [9.17, 15) is 28.8 Å². The van der Waals surface area contributed by atoms with E-state index in [1.165, 1.54) is 10.9 Å². The summed E-state index contributed by atoms with van der Waals surface area (Å²) >= 11 is 0. The zero-order chi connectivity index (χ0) is 29.7. The van der Waals surface area contributed by atoms with Crippen LogP contribution in [0, 0.1) is 0 Å². The van der Waals surface area contributed by atoms with Gasteiger partial charge in [0.2, 0.25) is 0 Å². The van der Waals surface area contributed by atoms with Crippen molar-refractivity contribution < 1.29 is 61.0 Å². The minimum Gasteiger partial charge on any atom is -0.387 e. The lowest BCUT2D eigenvalue weighted by Crippen LogP contribution is -2.33. The van der Waals surface area contributed by atoms with Crippen LogP contribution in [0.2, 0.25) is 0 Å². The molecule has 7 atom stereocenters. The number of ether oxygens (including phenoxy) is 1. The van der Waals surface area contributed by atoms with Crippen molar-refractivity contribution in [1.29, 1.82) is 0 Å².